The summed E-state index contributed by atoms with van der Waals surface area (Å²) in [6.07, 6.45) is 2.80. The number of nitrogens with one attached hydrogen (secondary N) is 1. The minimum absolute atomic E-state index is 0.411. The van der Waals surface area contributed by atoms with Crippen LogP contribution in [0.3, 0.4) is 0 Å². The van der Waals surface area contributed by atoms with Gasteiger partial charge >= 0.3 is 5.97 Å². The molecule has 16 heavy (non-hydrogen) atoms. The Morgan fingerprint density at radius 1 is 1.44 bits per heavy atom. The first-order valence-electron chi connectivity index (χ1n) is 4.52. The molecule has 0 aliphatic carbocycles. The lowest BCUT2D eigenvalue weighted by molar-refractivity contribution is -0.134. The molecule has 0 saturated heterocycles. The minimum atomic E-state index is -0.411. The number of esters is 1. The van der Waals surface area contributed by atoms with Crippen molar-refractivity contribution >= 4 is 27.6 Å². The predicted molar refractivity (Wildman–Crippen MR) is 65.5 cm³/mol. The summed E-state index contributed by atoms with van der Waals surface area (Å²) in [5.41, 5.74) is 0.805. The van der Waals surface area contributed by atoms with Crippen molar-refractivity contribution in [1.82, 2.24) is 0 Å². The Morgan fingerprint density at radius 3 is 2.81 bits per heavy atom. The highest BCUT2D eigenvalue weighted by atomic mass is 79.9. The van der Waals surface area contributed by atoms with Crippen molar-refractivity contribution < 1.29 is 14.3 Å². The summed E-state index contributed by atoms with van der Waals surface area (Å²) >= 11 is 3.38. The summed E-state index contributed by atoms with van der Waals surface area (Å²) in [7, 11) is 2.92. The zero-order valence-corrected chi connectivity index (χ0v) is 10.6. The normalized spacial score (nSPS) is 10.2. The molecule has 0 unspecified atom stereocenters. The second kappa shape index (κ2) is 6.17. The maximum Gasteiger partial charge on any atom is 0.331 e. The van der Waals surface area contributed by atoms with E-state index in [1.165, 1.54) is 19.4 Å². The molecule has 0 aliphatic rings. The lowest BCUT2D eigenvalue weighted by Crippen LogP contribution is -1.97. The molecule has 0 aromatic heterocycles. The molecule has 0 bridgehead atoms. The fourth-order valence-corrected chi connectivity index (χ4v) is 1.37. The molecule has 0 spiro atoms. The highest BCUT2D eigenvalue weighted by Crippen LogP contribution is 2.26. The van der Waals surface area contributed by atoms with Crippen LogP contribution in [0, 0.1) is 0 Å². The number of hydrogen-bond acceptors (Lipinski definition) is 4. The van der Waals surface area contributed by atoms with Gasteiger partial charge < -0.3 is 14.8 Å². The van der Waals surface area contributed by atoms with E-state index in [-0.39, 0.29) is 0 Å². The van der Waals surface area contributed by atoms with Crippen molar-refractivity contribution in [2.24, 2.45) is 0 Å². The van der Waals surface area contributed by atoms with Gasteiger partial charge in [0.05, 0.1) is 19.9 Å². The molecular formula is C11H12BrNO3. The predicted octanol–water partition coefficient (Wildman–Crippen LogP) is 2.56. The van der Waals surface area contributed by atoms with Crippen LogP contribution in [0.25, 0.3) is 0 Å². The van der Waals surface area contributed by atoms with Crippen LogP contribution < -0.4 is 10.1 Å². The third kappa shape index (κ3) is 3.58. The molecule has 0 saturated carbocycles. The van der Waals surface area contributed by atoms with Crippen molar-refractivity contribution in [3.05, 3.63) is 34.9 Å². The van der Waals surface area contributed by atoms with Crippen molar-refractivity contribution in [3.63, 3.8) is 0 Å². The van der Waals surface area contributed by atoms with E-state index in [1.807, 2.05) is 18.2 Å². The summed E-state index contributed by atoms with van der Waals surface area (Å²) in [6, 6.07) is 5.50. The van der Waals surface area contributed by atoms with E-state index in [2.05, 4.69) is 26.0 Å². The average Bonchev–Trinajstić information content (AvgIpc) is 2.31. The number of anilines is 1. The smallest absolute Gasteiger partial charge is 0.331 e. The van der Waals surface area contributed by atoms with Crippen LogP contribution in [0.2, 0.25) is 0 Å². The van der Waals surface area contributed by atoms with Crippen molar-refractivity contribution in [2.45, 2.75) is 0 Å². The summed E-state index contributed by atoms with van der Waals surface area (Å²) in [6.45, 7) is 0. The van der Waals surface area contributed by atoms with E-state index in [0.717, 1.165) is 15.9 Å². The number of ether oxygens (including phenoxy) is 2. The number of hydrogen-bond donors (Lipinski definition) is 1. The Kier molecular flexibility index (Phi) is 4.85. The van der Waals surface area contributed by atoms with Crippen LogP contribution >= 0.6 is 15.9 Å². The Hall–Kier alpha value is -1.49. The molecular weight excluding hydrogens is 274 g/mol. The van der Waals surface area contributed by atoms with Crippen LogP contribution in [-0.4, -0.2) is 20.2 Å². The zero-order chi connectivity index (χ0) is 12.0. The van der Waals surface area contributed by atoms with Crippen molar-refractivity contribution in [1.29, 1.82) is 0 Å². The molecule has 1 rings (SSSR count). The largest absolute Gasteiger partial charge is 0.497 e. The monoisotopic (exact) mass is 285 g/mol. The number of methoxy groups -OCH3 is 2. The quantitative estimate of drug-likeness (QED) is 0.682. The van der Waals surface area contributed by atoms with E-state index in [1.54, 1.807) is 7.11 Å². The first-order chi connectivity index (χ1) is 7.67. The molecule has 1 aromatic carbocycles. The molecule has 5 heteroatoms. The summed E-state index contributed by atoms with van der Waals surface area (Å²) in [5, 5.41) is 2.94. The van der Waals surface area contributed by atoms with Crippen molar-refractivity contribution in [3.8, 4) is 5.75 Å². The van der Waals surface area contributed by atoms with Gasteiger partial charge in [-0.2, -0.15) is 0 Å². The maximum absolute atomic E-state index is 10.8. The van der Waals surface area contributed by atoms with Crippen LogP contribution in [0.5, 0.6) is 5.75 Å². The van der Waals surface area contributed by atoms with E-state index in [4.69, 9.17) is 4.74 Å². The van der Waals surface area contributed by atoms with Gasteiger partial charge in [0.15, 0.2) is 0 Å². The Bertz CT molecular complexity index is 404. The zero-order valence-electron chi connectivity index (χ0n) is 8.99. The molecule has 0 aliphatic heterocycles. The fourth-order valence-electron chi connectivity index (χ4n) is 1.01. The molecule has 0 atom stereocenters. The number of halogens is 1. The Labute approximate surface area is 102 Å². The number of carbonyl (C=O) groups excluding carboxylic acids is 1. The Balaban J connectivity index is 2.72. The third-order valence-electron chi connectivity index (χ3n) is 1.83. The van der Waals surface area contributed by atoms with Crippen LogP contribution in [0.15, 0.2) is 34.9 Å². The van der Waals surface area contributed by atoms with Crippen molar-refractivity contribution in [2.75, 3.05) is 19.5 Å². The second-order valence-electron chi connectivity index (χ2n) is 2.85. The van der Waals surface area contributed by atoms with Gasteiger partial charge in [-0.05, 0) is 28.1 Å². The SMILES string of the molecule is COC(=O)/C=C/Nc1cc(OC)ccc1Br. The molecule has 4 nitrogen and oxygen atoms in total. The molecule has 0 heterocycles. The Morgan fingerprint density at radius 2 is 2.19 bits per heavy atom. The van der Waals surface area contributed by atoms with E-state index < -0.39 is 5.97 Å². The topological polar surface area (TPSA) is 47.6 Å². The van der Waals surface area contributed by atoms with Gasteiger partial charge in [0.1, 0.15) is 5.75 Å². The maximum atomic E-state index is 10.8. The molecule has 86 valence electrons. The average molecular weight is 286 g/mol. The van der Waals surface area contributed by atoms with Gasteiger partial charge in [-0.15, -0.1) is 0 Å². The van der Waals surface area contributed by atoms with Gasteiger partial charge in [0.2, 0.25) is 0 Å². The minimum Gasteiger partial charge on any atom is -0.497 e. The van der Waals surface area contributed by atoms with Crippen LogP contribution in [-0.2, 0) is 9.53 Å². The summed E-state index contributed by atoms with van der Waals surface area (Å²) in [5.74, 6) is 0.323. The first kappa shape index (κ1) is 12.6. The lowest BCUT2D eigenvalue weighted by Gasteiger charge is -2.06. The van der Waals surface area contributed by atoms with E-state index >= 15 is 0 Å². The fraction of sp³-hybridized carbons (Fsp3) is 0.182. The second-order valence-corrected chi connectivity index (χ2v) is 3.70. The van der Waals surface area contributed by atoms with E-state index in [9.17, 15) is 4.79 Å². The third-order valence-corrected chi connectivity index (χ3v) is 2.52. The van der Waals surface area contributed by atoms with Crippen LogP contribution in [0.1, 0.15) is 0 Å². The standard InChI is InChI=1S/C11H12BrNO3/c1-15-8-3-4-9(12)10(7-8)13-6-5-11(14)16-2/h3-7,13H,1-2H3/b6-5+. The lowest BCUT2D eigenvalue weighted by atomic mass is 10.3. The highest BCUT2D eigenvalue weighted by Gasteiger charge is 2.00. The summed E-state index contributed by atoms with van der Waals surface area (Å²) in [4.78, 5) is 10.8. The molecule has 1 aromatic rings. The van der Waals surface area contributed by atoms with Gasteiger partial charge in [0, 0.05) is 22.8 Å². The van der Waals surface area contributed by atoms with Gasteiger partial charge in [0.25, 0.3) is 0 Å². The highest BCUT2D eigenvalue weighted by molar-refractivity contribution is 9.10. The van der Waals surface area contributed by atoms with E-state index in [0.29, 0.717) is 0 Å². The summed E-state index contributed by atoms with van der Waals surface area (Å²) < 4.78 is 10.4. The van der Waals surface area contributed by atoms with Crippen LogP contribution in [0.4, 0.5) is 5.69 Å². The number of rotatable bonds is 4. The number of benzene rings is 1. The van der Waals surface area contributed by atoms with Gasteiger partial charge in [-0.1, -0.05) is 0 Å². The molecule has 0 amide bonds. The van der Waals surface area contributed by atoms with Gasteiger partial charge in [-0.3, -0.25) is 0 Å². The number of carbonyl (C=O) groups is 1. The molecule has 0 radical (unpaired) electrons. The van der Waals surface area contributed by atoms with Gasteiger partial charge in [-0.25, -0.2) is 4.79 Å². The first-order valence-corrected chi connectivity index (χ1v) is 5.31. The molecule has 1 N–H and O–H groups in total. The molecule has 0 fully saturated rings.